The Labute approximate surface area is 170 Å². The fraction of sp³-hybridized carbons (Fsp3) is 0.316. The van der Waals surface area contributed by atoms with Crippen molar-refractivity contribution in [2.75, 3.05) is 19.6 Å². The Bertz CT molecular complexity index is 948. The summed E-state index contributed by atoms with van der Waals surface area (Å²) in [6, 6.07) is 14.8. The molecule has 10 heteroatoms. The van der Waals surface area contributed by atoms with E-state index in [-0.39, 0.29) is 29.7 Å². The van der Waals surface area contributed by atoms with E-state index in [4.69, 9.17) is 0 Å². The number of rotatable bonds is 9. The maximum absolute atomic E-state index is 12.3. The number of aliphatic imine (C=N–C) groups is 1. The highest BCUT2D eigenvalue weighted by Gasteiger charge is 2.17. The lowest BCUT2D eigenvalue weighted by Gasteiger charge is -2.18. The van der Waals surface area contributed by atoms with Gasteiger partial charge in [0.2, 0.25) is 10.0 Å². The van der Waals surface area contributed by atoms with E-state index >= 15 is 0 Å². The molecule has 0 saturated heterocycles. The second-order valence-corrected chi connectivity index (χ2v) is 7.96. The molecule has 1 atom stereocenters. The second kappa shape index (κ2) is 10.5. The normalized spacial score (nSPS) is 13.0. The largest absolute Gasteiger partial charge is 0.357 e. The smallest absolute Gasteiger partial charge is 0.270 e. The van der Waals surface area contributed by atoms with Gasteiger partial charge in [0, 0.05) is 25.2 Å². The number of nitro groups is 1. The van der Waals surface area contributed by atoms with Crippen molar-refractivity contribution >= 4 is 21.7 Å². The van der Waals surface area contributed by atoms with Gasteiger partial charge in [0.1, 0.15) is 0 Å². The van der Waals surface area contributed by atoms with Crippen LogP contribution in [0.1, 0.15) is 25.5 Å². The number of non-ortho nitro benzene ring substituents is 1. The van der Waals surface area contributed by atoms with Gasteiger partial charge in [0.25, 0.3) is 5.69 Å². The molecule has 0 aliphatic carbocycles. The van der Waals surface area contributed by atoms with Crippen LogP contribution in [0.4, 0.5) is 5.69 Å². The first-order chi connectivity index (χ1) is 13.8. The molecule has 0 amide bonds. The Balaban J connectivity index is 1.96. The third kappa shape index (κ3) is 6.84. The molecule has 0 heterocycles. The number of nitrogens with zero attached hydrogens (tertiary/aromatic N) is 2. The zero-order valence-corrected chi connectivity index (χ0v) is 17.1. The van der Waals surface area contributed by atoms with Gasteiger partial charge in [-0.2, -0.15) is 0 Å². The van der Waals surface area contributed by atoms with Crippen molar-refractivity contribution in [2.45, 2.75) is 24.8 Å². The van der Waals surface area contributed by atoms with Gasteiger partial charge in [-0.25, -0.2) is 13.1 Å². The summed E-state index contributed by atoms with van der Waals surface area (Å²) in [5, 5.41) is 17.2. The zero-order valence-electron chi connectivity index (χ0n) is 16.3. The van der Waals surface area contributed by atoms with Gasteiger partial charge < -0.3 is 10.6 Å². The highest BCUT2D eigenvalue weighted by molar-refractivity contribution is 7.89. The van der Waals surface area contributed by atoms with Gasteiger partial charge in [-0.1, -0.05) is 36.4 Å². The molecule has 0 aliphatic rings. The van der Waals surface area contributed by atoms with Crippen LogP contribution in [0.15, 0.2) is 64.5 Å². The first-order valence-electron chi connectivity index (χ1n) is 9.17. The standard InChI is InChI=1S/C19H25N5O4S/c1-3-20-19(23-15(2)16-8-5-4-6-9-16)21-12-13-22-29(27,28)18-11-7-10-17(14-18)24(25)26/h4-11,14-15,22H,3,12-13H2,1-2H3,(H2,20,21,23). The SMILES string of the molecule is CCNC(=NCCNS(=O)(=O)c1cccc([N+](=O)[O-])c1)NC(C)c1ccccc1. The van der Waals surface area contributed by atoms with Crippen molar-refractivity contribution in [3.05, 3.63) is 70.3 Å². The molecule has 1 unspecified atom stereocenters. The molecule has 3 N–H and O–H groups in total. The topological polar surface area (TPSA) is 126 Å². The van der Waals surface area contributed by atoms with Crippen LogP contribution in [-0.2, 0) is 10.0 Å². The molecule has 2 rings (SSSR count). The van der Waals surface area contributed by atoms with E-state index in [1.165, 1.54) is 18.2 Å². The first-order valence-corrected chi connectivity index (χ1v) is 10.7. The highest BCUT2D eigenvalue weighted by Crippen LogP contribution is 2.17. The van der Waals surface area contributed by atoms with Gasteiger partial charge in [-0.3, -0.25) is 15.1 Å². The van der Waals surface area contributed by atoms with E-state index in [0.717, 1.165) is 11.6 Å². The summed E-state index contributed by atoms with van der Waals surface area (Å²) < 4.78 is 27.1. The van der Waals surface area contributed by atoms with Crippen molar-refractivity contribution < 1.29 is 13.3 Å². The Morgan fingerprint density at radius 3 is 2.55 bits per heavy atom. The van der Waals surface area contributed by atoms with Crippen LogP contribution in [0.3, 0.4) is 0 Å². The molecule has 9 nitrogen and oxygen atoms in total. The Morgan fingerprint density at radius 1 is 1.17 bits per heavy atom. The molecule has 2 aromatic rings. The average Bonchev–Trinajstić information content (AvgIpc) is 2.72. The van der Waals surface area contributed by atoms with Crippen molar-refractivity contribution in [1.82, 2.24) is 15.4 Å². The number of hydrogen-bond donors (Lipinski definition) is 3. The lowest BCUT2D eigenvalue weighted by molar-refractivity contribution is -0.385. The fourth-order valence-electron chi connectivity index (χ4n) is 2.55. The molecule has 0 bridgehead atoms. The lowest BCUT2D eigenvalue weighted by Crippen LogP contribution is -2.39. The molecule has 0 fully saturated rings. The predicted molar refractivity (Wildman–Crippen MR) is 112 cm³/mol. The van der Waals surface area contributed by atoms with Gasteiger partial charge in [-0.05, 0) is 25.5 Å². The van der Waals surface area contributed by atoms with Crippen LogP contribution in [0, 0.1) is 10.1 Å². The first kappa shape index (κ1) is 22.3. The summed E-state index contributed by atoms with van der Waals surface area (Å²) in [5.74, 6) is 0.568. The van der Waals surface area contributed by atoms with E-state index in [1.54, 1.807) is 0 Å². The fourth-order valence-corrected chi connectivity index (χ4v) is 3.61. The van der Waals surface area contributed by atoms with Crippen LogP contribution in [0.25, 0.3) is 0 Å². The zero-order chi connectivity index (χ0) is 21.3. The maximum Gasteiger partial charge on any atom is 0.270 e. The molecular formula is C19H25N5O4S. The third-order valence-corrected chi connectivity index (χ3v) is 5.47. The van der Waals surface area contributed by atoms with Crippen LogP contribution < -0.4 is 15.4 Å². The summed E-state index contributed by atoms with van der Waals surface area (Å²) in [4.78, 5) is 14.4. The van der Waals surface area contributed by atoms with Crippen LogP contribution in [0.2, 0.25) is 0 Å². The highest BCUT2D eigenvalue weighted by atomic mass is 32.2. The van der Waals surface area contributed by atoms with Gasteiger partial charge >= 0.3 is 0 Å². The maximum atomic E-state index is 12.3. The molecule has 0 saturated carbocycles. The molecular weight excluding hydrogens is 394 g/mol. The number of hydrogen-bond acceptors (Lipinski definition) is 5. The summed E-state index contributed by atoms with van der Waals surface area (Å²) in [5.41, 5.74) is 0.823. The molecule has 0 radical (unpaired) electrons. The number of benzene rings is 2. The van der Waals surface area contributed by atoms with Gasteiger partial charge in [-0.15, -0.1) is 0 Å². The average molecular weight is 420 g/mol. The molecule has 0 spiro atoms. The minimum Gasteiger partial charge on any atom is -0.357 e. The van der Waals surface area contributed by atoms with E-state index in [2.05, 4.69) is 20.3 Å². The summed E-state index contributed by atoms with van der Waals surface area (Å²) in [7, 11) is -3.86. The molecule has 156 valence electrons. The van der Waals surface area contributed by atoms with Crippen LogP contribution in [-0.4, -0.2) is 38.9 Å². The number of guanidine groups is 1. The minimum absolute atomic E-state index is 0.0237. The van der Waals surface area contributed by atoms with E-state index in [1.807, 2.05) is 44.2 Å². The monoisotopic (exact) mass is 419 g/mol. The molecule has 0 aliphatic heterocycles. The Kier molecular flexibility index (Phi) is 8.10. The summed E-state index contributed by atoms with van der Waals surface area (Å²) >= 11 is 0. The summed E-state index contributed by atoms with van der Waals surface area (Å²) in [6.07, 6.45) is 0. The third-order valence-electron chi connectivity index (χ3n) is 4.01. The van der Waals surface area contributed by atoms with Crippen LogP contribution >= 0.6 is 0 Å². The van der Waals surface area contributed by atoms with Crippen molar-refractivity contribution in [3.8, 4) is 0 Å². The molecule has 0 aromatic heterocycles. The Morgan fingerprint density at radius 2 is 1.90 bits per heavy atom. The quantitative estimate of drug-likeness (QED) is 0.188. The van der Waals surface area contributed by atoms with Gasteiger partial charge in [0.15, 0.2) is 5.96 Å². The van der Waals surface area contributed by atoms with Crippen molar-refractivity contribution in [1.29, 1.82) is 0 Å². The van der Waals surface area contributed by atoms with Crippen LogP contribution in [0.5, 0.6) is 0 Å². The molecule has 29 heavy (non-hydrogen) atoms. The number of sulfonamides is 1. The lowest BCUT2D eigenvalue weighted by atomic mass is 10.1. The van der Waals surface area contributed by atoms with E-state index < -0.39 is 14.9 Å². The summed E-state index contributed by atoms with van der Waals surface area (Å²) in [6.45, 7) is 4.86. The number of nitrogens with one attached hydrogen (secondary N) is 3. The predicted octanol–water partition coefficient (Wildman–Crippen LogP) is 2.19. The van der Waals surface area contributed by atoms with Crippen molar-refractivity contribution in [3.63, 3.8) is 0 Å². The molecule has 2 aromatic carbocycles. The second-order valence-electron chi connectivity index (χ2n) is 6.19. The van der Waals surface area contributed by atoms with Crippen molar-refractivity contribution in [2.24, 2.45) is 4.99 Å². The minimum atomic E-state index is -3.86. The van der Waals surface area contributed by atoms with E-state index in [9.17, 15) is 18.5 Å². The van der Waals surface area contributed by atoms with Gasteiger partial charge in [0.05, 0.1) is 22.4 Å². The van der Waals surface area contributed by atoms with E-state index in [0.29, 0.717) is 12.5 Å². The number of nitro benzene ring substituents is 1. The Hall–Kier alpha value is -2.98.